The van der Waals surface area contributed by atoms with Crippen LogP contribution in [0.5, 0.6) is 5.75 Å². The average Bonchev–Trinajstić information content (AvgIpc) is 2.35. The SMILES string of the molecule is Cc1ccc(OCC(O)CNC(C)CS(C)=O)cc1. The molecule has 0 heterocycles. The summed E-state index contributed by atoms with van der Waals surface area (Å²) in [6.45, 7) is 4.65. The molecule has 3 atom stereocenters. The average molecular weight is 285 g/mol. The zero-order valence-electron chi connectivity index (χ0n) is 11.8. The van der Waals surface area contributed by atoms with E-state index >= 15 is 0 Å². The number of aliphatic hydroxyl groups excluding tert-OH is 1. The molecule has 0 bridgehead atoms. The highest BCUT2D eigenvalue weighted by molar-refractivity contribution is 7.84. The Hall–Kier alpha value is -0.910. The van der Waals surface area contributed by atoms with Gasteiger partial charge in [-0.1, -0.05) is 17.7 Å². The fraction of sp³-hybridized carbons (Fsp3) is 0.571. The third-order valence-electron chi connectivity index (χ3n) is 2.65. The van der Waals surface area contributed by atoms with Crippen LogP contribution < -0.4 is 10.1 Å². The van der Waals surface area contributed by atoms with E-state index in [-0.39, 0.29) is 12.6 Å². The van der Waals surface area contributed by atoms with Crippen molar-refractivity contribution in [1.29, 1.82) is 0 Å². The second-order valence-corrected chi connectivity index (χ2v) is 6.31. The number of aliphatic hydroxyl groups is 1. The Kier molecular flexibility index (Phi) is 7.05. The maximum atomic E-state index is 11.0. The molecule has 19 heavy (non-hydrogen) atoms. The highest BCUT2D eigenvalue weighted by Gasteiger charge is 2.09. The van der Waals surface area contributed by atoms with Gasteiger partial charge < -0.3 is 15.2 Å². The summed E-state index contributed by atoms with van der Waals surface area (Å²) in [5, 5.41) is 12.9. The van der Waals surface area contributed by atoms with Crippen LogP contribution in [0.15, 0.2) is 24.3 Å². The zero-order chi connectivity index (χ0) is 14.3. The Labute approximate surface area is 117 Å². The van der Waals surface area contributed by atoms with Crippen molar-refractivity contribution in [3.05, 3.63) is 29.8 Å². The monoisotopic (exact) mass is 285 g/mol. The van der Waals surface area contributed by atoms with Crippen molar-refractivity contribution in [2.75, 3.05) is 25.2 Å². The maximum Gasteiger partial charge on any atom is 0.119 e. The van der Waals surface area contributed by atoms with Crippen LogP contribution in [-0.4, -0.2) is 46.6 Å². The Bertz CT molecular complexity index is 394. The molecule has 108 valence electrons. The summed E-state index contributed by atoms with van der Waals surface area (Å²) in [5.74, 6) is 1.35. The number of benzene rings is 1. The van der Waals surface area contributed by atoms with E-state index < -0.39 is 16.9 Å². The van der Waals surface area contributed by atoms with Gasteiger partial charge in [-0.2, -0.15) is 0 Å². The Morgan fingerprint density at radius 2 is 2.00 bits per heavy atom. The first-order valence-electron chi connectivity index (χ1n) is 6.38. The molecule has 0 aromatic heterocycles. The van der Waals surface area contributed by atoms with E-state index in [0.717, 1.165) is 5.75 Å². The van der Waals surface area contributed by atoms with Gasteiger partial charge in [0.1, 0.15) is 18.5 Å². The summed E-state index contributed by atoms with van der Waals surface area (Å²) in [5.41, 5.74) is 1.18. The number of ether oxygens (including phenoxy) is 1. The first kappa shape index (κ1) is 16.1. The van der Waals surface area contributed by atoms with Crippen LogP contribution >= 0.6 is 0 Å². The van der Waals surface area contributed by atoms with Crippen molar-refractivity contribution in [2.45, 2.75) is 26.0 Å². The van der Waals surface area contributed by atoms with Gasteiger partial charge in [-0.25, -0.2) is 0 Å². The van der Waals surface area contributed by atoms with Gasteiger partial charge in [0.2, 0.25) is 0 Å². The van der Waals surface area contributed by atoms with Crippen LogP contribution in [0.1, 0.15) is 12.5 Å². The van der Waals surface area contributed by atoms with Crippen LogP contribution in [0.4, 0.5) is 0 Å². The summed E-state index contributed by atoms with van der Waals surface area (Å²) in [7, 11) is -0.821. The van der Waals surface area contributed by atoms with Gasteiger partial charge in [-0.05, 0) is 26.0 Å². The van der Waals surface area contributed by atoms with E-state index in [1.54, 1.807) is 6.26 Å². The number of rotatable bonds is 8. The molecule has 0 saturated heterocycles. The van der Waals surface area contributed by atoms with Crippen molar-refractivity contribution in [1.82, 2.24) is 5.32 Å². The smallest absolute Gasteiger partial charge is 0.119 e. The summed E-state index contributed by atoms with van der Waals surface area (Å²) >= 11 is 0. The van der Waals surface area contributed by atoms with Gasteiger partial charge in [0.25, 0.3) is 0 Å². The summed E-state index contributed by atoms with van der Waals surface area (Å²) in [4.78, 5) is 0. The summed E-state index contributed by atoms with van der Waals surface area (Å²) < 4.78 is 16.5. The second kappa shape index (κ2) is 8.30. The molecule has 5 heteroatoms. The normalized spacial score (nSPS) is 15.8. The van der Waals surface area contributed by atoms with Gasteiger partial charge in [0, 0.05) is 35.4 Å². The number of hydrogen-bond acceptors (Lipinski definition) is 4. The zero-order valence-corrected chi connectivity index (χ0v) is 12.6. The van der Waals surface area contributed by atoms with E-state index in [1.807, 2.05) is 38.1 Å². The van der Waals surface area contributed by atoms with Crippen molar-refractivity contribution in [3.63, 3.8) is 0 Å². The topological polar surface area (TPSA) is 58.6 Å². The largest absolute Gasteiger partial charge is 0.491 e. The lowest BCUT2D eigenvalue weighted by Crippen LogP contribution is -2.39. The van der Waals surface area contributed by atoms with E-state index in [4.69, 9.17) is 4.74 Å². The molecule has 0 aliphatic rings. The lowest BCUT2D eigenvalue weighted by molar-refractivity contribution is 0.105. The fourth-order valence-corrected chi connectivity index (χ4v) is 2.46. The molecule has 0 aliphatic heterocycles. The van der Waals surface area contributed by atoms with Crippen molar-refractivity contribution in [3.8, 4) is 5.75 Å². The molecule has 0 amide bonds. The van der Waals surface area contributed by atoms with Crippen LogP contribution in [0.25, 0.3) is 0 Å². The lowest BCUT2D eigenvalue weighted by atomic mass is 10.2. The first-order valence-corrected chi connectivity index (χ1v) is 8.11. The summed E-state index contributed by atoms with van der Waals surface area (Å²) in [6, 6.07) is 7.84. The number of hydrogen-bond donors (Lipinski definition) is 2. The minimum atomic E-state index is -0.821. The number of aryl methyl sites for hydroxylation is 1. The second-order valence-electron chi connectivity index (χ2n) is 4.83. The highest BCUT2D eigenvalue weighted by Crippen LogP contribution is 2.11. The third-order valence-corrected chi connectivity index (χ3v) is 3.62. The molecule has 0 fully saturated rings. The molecule has 1 aromatic carbocycles. The number of nitrogens with one attached hydrogen (secondary N) is 1. The molecular formula is C14H23NO3S. The standard InChI is InChI=1S/C14H23NO3S/c1-11-4-6-14(7-5-11)18-9-13(16)8-15-12(2)10-19(3)17/h4-7,12-13,15-16H,8-10H2,1-3H3. The highest BCUT2D eigenvalue weighted by atomic mass is 32.2. The van der Waals surface area contributed by atoms with E-state index in [9.17, 15) is 9.32 Å². The Morgan fingerprint density at radius 3 is 2.58 bits per heavy atom. The predicted octanol–water partition coefficient (Wildman–Crippen LogP) is 1.09. The third kappa shape index (κ3) is 7.30. The molecule has 2 N–H and O–H groups in total. The van der Waals surface area contributed by atoms with Crippen molar-refractivity contribution < 1.29 is 14.1 Å². The lowest BCUT2D eigenvalue weighted by Gasteiger charge is -2.17. The van der Waals surface area contributed by atoms with Crippen LogP contribution in [-0.2, 0) is 10.8 Å². The quantitative estimate of drug-likeness (QED) is 0.751. The van der Waals surface area contributed by atoms with Gasteiger partial charge in [-0.3, -0.25) is 4.21 Å². The van der Waals surface area contributed by atoms with Crippen molar-refractivity contribution >= 4 is 10.8 Å². The molecule has 1 rings (SSSR count). The maximum absolute atomic E-state index is 11.0. The molecule has 0 radical (unpaired) electrons. The Morgan fingerprint density at radius 1 is 1.37 bits per heavy atom. The first-order chi connectivity index (χ1) is 8.97. The van der Waals surface area contributed by atoms with E-state index in [2.05, 4.69) is 5.32 Å². The Balaban J connectivity index is 2.22. The van der Waals surface area contributed by atoms with Crippen LogP contribution in [0.3, 0.4) is 0 Å². The minimum Gasteiger partial charge on any atom is -0.491 e. The van der Waals surface area contributed by atoms with Crippen LogP contribution in [0.2, 0.25) is 0 Å². The molecular weight excluding hydrogens is 262 g/mol. The molecule has 0 aliphatic carbocycles. The van der Waals surface area contributed by atoms with Gasteiger partial charge in [0.15, 0.2) is 0 Å². The van der Waals surface area contributed by atoms with E-state index in [1.165, 1.54) is 5.56 Å². The fourth-order valence-electron chi connectivity index (χ4n) is 1.63. The minimum absolute atomic E-state index is 0.125. The van der Waals surface area contributed by atoms with E-state index in [0.29, 0.717) is 12.3 Å². The summed E-state index contributed by atoms with van der Waals surface area (Å²) in [6.07, 6.45) is 1.10. The molecule has 0 saturated carbocycles. The molecule has 0 spiro atoms. The molecule has 1 aromatic rings. The van der Waals surface area contributed by atoms with Gasteiger partial charge in [0.05, 0.1) is 0 Å². The van der Waals surface area contributed by atoms with Gasteiger partial charge in [-0.15, -0.1) is 0 Å². The van der Waals surface area contributed by atoms with Crippen LogP contribution in [0, 0.1) is 6.92 Å². The predicted molar refractivity (Wildman–Crippen MR) is 79.1 cm³/mol. The van der Waals surface area contributed by atoms with Gasteiger partial charge >= 0.3 is 0 Å². The van der Waals surface area contributed by atoms with Crippen molar-refractivity contribution in [2.24, 2.45) is 0 Å². The molecule has 4 nitrogen and oxygen atoms in total. The molecule has 3 unspecified atom stereocenters.